The molecule has 1 heterocycles. The zero-order valence-electron chi connectivity index (χ0n) is 9.11. The molecule has 1 aromatic carbocycles. The monoisotopic (exact) mass is 282 g/mol. The van der Waals surface area contributed by atoms with E-state index in [1.54, 1.807) is 24.3 Å². The second kappa shape index (κ2) is 6.53. The molecule has 0 spiro atoms. The molecule has 0 aliphatic heterocycles. The largest absolute Gasteiger partial charge is 1.00 e. The second-order valence-electron chi connectivity index (χ2n) is 3.22. The molecule has 84 valence electrons. The van der Waals surface area contributed by atoms with Crippen molar-refractivity contribution in [2.75, 3.05) is 5.65 Å². The van der Waals surface area contributed by atoms with Gasteiger partial charge in [0.2, 0.25) is 0 Å². The molecular weight excluding hydrogens is 275 g/mol. The molecule has 0 bridgehead atoms. The van der Waals surface area contributed by atoms with Gasteiger partial charge >= 0.3 is 58.4 Å². The van der Waals surface area contributed by atoms with Gasteiger partial charge in [-0.1, -0.05) is 18.2 Å². The molecule has 0 aliphatic rings. The zero-order valence-corrected chi connectivity index (χ0v) is 13.0. The number of thioether (sulfide) groups is 1. The van der Waals surface area contributed by atoms with Gasteiger partial charge in [-0.05, 0) is 11.7 Å². The Labute approximate surface area is 143 Å². The van der Waals surface area contributed by atoms with E-state index in [1.807, 2.05) is 0 Å². The van der Waals surface area contributed by atoms with Crippen molar-refractivity contribution in [3.05, 3.63) is 30.6 Å². The summed E-state index contributed by atoms with van der Waals surface area (Å²) < 4.78 is 36.4. The number of hydrogen-bond acceptors (Lipinski definition) is 3. The number of fused-ring (bicyclic) bond motifs is 1. The van der Waals surface area contributed by atoms with E-state index in [9.17, 15) is 12.9 Å². The van der Waals surface area contributed by atoms with Crippen LogP contribution >= 0.6 is 11.8 Å². The normalized spacial score (nSPS) is 11.2. The molecule has 0 unspecified atom stereocenters. The van der Waals surface area contributed by atoms with Crippen molar-refractivity contribution in [2.45, 2.75) is 5.03 Å². The fourth-order valence-corrected chi connectivity index (χ4v) is 2.07. The molecule has 0 atom stereocenters. The van der Waals surface area contributed by atoms with Crippen LogP contribution in [0.1, 0.15) is 0 Å². The Balaban J connectivity index is 0.00000144. The summed E-state index contributed by atoms with van der Waals surface area (Å²) in [5.41, 5.74) is -0.212. The molecule has 17 heavy (non-hydrogen) atoms. The first kappa shape index (κ1) is 15.5. The first-order chi connectivity index (χ1) is 7.56. The summed E-state index contributed by atoms with van der Waals surface area (Å²) in [6.07, 6.45) is 1.29. The Morgan fingerprint density at radius 2 is 1.82 bits per heavy atom. The first-order valence-electron chi connectivity index (χ1n) is 4.60. The Kier molecular flexibility index (Phi) is 5.94. The van der Waals surface area contributed by atoms with E-state index in [0.29, 0.717) is 27.7 Å². The van der Waals surface area contributed by atoms with Crippen LogP contribution in [0.25, 0.3) is 10.9 Å². The van der Waals surface area contributed by atoms with Crippen LogP contribution in [0.2, 0.25) is 0 Å². The molecule has 0 aliphatic carbocycles. The molecule has 0 fully saturated rings. The summed E-state index contributed by atoms with van der Waals surface area (Å²) in [5.74, 6) is 0. The number of para-hydroxylation sites is 1. The molecule has 1 aromatic heterocycles. The minimum Gasteiger partial charge on any atom is -0.448 e. The Bertz CT molecular complexity index is 504. The summed E-state index contributed by atoms with van der Waals surface area (Å²) in [6.45, 7) is -4.79. The topological polar surface area (TPSA) is 25.8 Å². The van der Waals surface area contributed by atoms with Gasteiger partial charge in [0.15, 0.2) is 0 Å². The predicted octanol–water partition coefficient (Wildman–Crippen LogP) is 0.112. The van der Waals surface area contributed by atoms with Crippen LogP contribution in [-0.4, -0.2) is 22.6 Å². The maximum Gasteiger partial charge on any atom is 1.00 e. The predicted molar refractivity (Wildman–Crippen MR) is 59.3 cm³/mol. The van der Waals surface area contributed by atoms with Gasteiger partial charge < -0.3 is 12.9 Å². The SMILES string of the molecule is F[B-](F)(F)CSc1ncnc2ccccc12.[K+]. The third-order valence-electron chi connectivity index (χ3n) is 1.92. The number of aromatic nitrogens is 2. The molecule has 0 saturated heterocycles. The van der Waals surface area contributed by atoms with Crippen LogP contribution < -0.4 is 51.4 Å². The minimum absolute atomic E-state index is 0. The first-order valence-corrected chi connectivity index (χ1v) is 5.58. The van der Waals surface area contributed by atoms with Gasteiger partial charge in [0.1, 0.15) is 11.4 Å². The fourth-order valence-electron chi connectivity index (χ4n) is 1.27. The second-order valence-corrected chi connectivity index (χ2v) is 4.23. The maximum absolute atomic E-state index is 12.1. The summed E-state index contributed by atoms with van der Waals surface area (Å²) >= 11 is 0.709. The van der Waals surface area contributed by atoms with Crippen LogP contribution in [0.3, 0.4) is 0 Å². The van der Waals surface area contributed by atoms with E-state index in [-0.39, 0.29) is 51.4 Å². The number of nitrogens with zero attached hydrogens (tertiary/aromatic N) is 2. The van der Waals surface area contributed by atoms with E-state index in [2.05, 4.69) is 9.97 Å². The Morgan fingerprint density at radius 1 is 1.12 bits per heavy atom. The molecule has 0 saturated carbocycles. The molecule has 2 aromatic rings. The molecule has 0 radical (unpaired) electrons. The van der Waals surface area contributed by atoms with E-state index >= 15 is 0 Å². The summed E-state index contributed by atoms with van der Waals surface area (Å²) in [5, 5.41) is 1.04. The van der Waals surface area contributed by atoms with Gasteiger partial charge in [-0.2, -0.15) is 0 Å². The van der Waals surface area contributed by atoms with Crippen molar-refractivity contribution < 1.29 is 64.3 Å². The summed E-state index contributed by atoms with van der Waals surface area (Å²) in [6, 6.07) is 7.02. The molecule has 0 N–H and O–H groups in total. The van der Waals surface area contributed by atoms with Gasteiger partial charge in [-0.3, -0.25) is 0 Å². The Hall–Kier alpha value is 0.401. The average molecular weight is 282 g/mol. The van der Waals surface area contributed by atoms with Crippen molar-refractivity contribution in [3.63, 3.8) is 0 Å². The van der Waals surface area contributed by atoms with E-state index in [4.69, 9.17) is 0 Å². The van der Waals surface area contributed by atoms with Crippen molar-refractivity contribution in [1.82, 2.24) is 9.97 Å². The van der Waals surface area contributed by atoms with Gasteiger partial charge in [-0.25, -0.2) is 9.97 Å². The molecular formula is C9H7BF3KN2S. The van der Waals surface area contributed by atoms with Crippen LogP contribution in [0, 0.1) is 0 Å². The van der Waals surface area contributed by atoms with E-state index in [0.717, 1.165) is 0 Å². The fraction of sp³-hybridized carbons (Fsp3) is 0.111. The Morgan fingerprint density at radius 3 is 2.53 bits per heavy atom. The van der Waals surface area contributed by atoms with Crippen molar-refractivity contribution >= 4 is 29.6 Å². The molecule has 0 amide bonds. The number of rotatable bonds is 3. The molecule has 2 nitrogen and oxygen atoms in total. The standard InChI is InChI=1S/C9H7BF3N2S.K/c11-10(12,13)5-16-9-7-3-1-2-4-8(7)14-6-15-9;/h1-4,6H,5H2;/q-1;+1. The van der Waals surface area contributed by atoms with E-state index < -0.39 is 12.6 Å². The van der Waals surface area contributed by atoms with Crippen LogP contribution in [-0.2, 0) is 0 Å². The molecule has 8 heteroatoms. The zero-order chi connectivity index (χ0) is 11.6. The smallest absolute Gasteiger partial charge is 0.448 e. The number of hydrogen-bond donors (Lipinski definition) is 0. The quantitative estimate of drug-likeness (QED) is 0.454. The van der Waals surface area contributed by atoms with E-state index in [1.165, 1.54) is 6.33 Å². The number of benzene rings is 1. The van der Waals surface area contributed by atoms with Crippen LogP contribution in [0.5, 0.6) is 0 Å². The van der Waals surface area contributed by atoms with Gasteiger partial charge in [0, 0.05) is 5.39 Å². The van der Waals surface area contributed by atoms with Crippen molar-refractivity contribution in [3.8, 4) is 0 Å². The van der Waals surface area contributed by atoms with Gasteiger partial charge in [0.25, 0.3) is 0 Å². The van der Waals surface area contributed by atoms with Crippen molar-refractivity contribution in [2.24, 2.45) is 0 Å². The van der Waals surface area contributed by atoms with Crippen LogP contribution in [0.4, 0.5) is 12.9 Å². The van der Waals surface area contributed by atoms with Gasteiger partial charge in [0.05, 0.1) is 5.52 Å². The van der Waals surface area contributed by atoms with Crippen molar-refractivity contribution in [1.29, 1.82) is 0 Å². The third kappa shape index (κ3) is 4.53. The van der Waals surface area contributed by atoms with Gasteiger partial charge in [-0.15, -0.1) is 11.8 Å². The summed E-state index contributed by atoms with van der Waals surface area (Å²) in [4.78, 5) is 7.86. The number of halogens is 3. The maximum atomic E-state index is 12.1. The third-order valence-corrected chi connectivity index (χ3v) is 3.06. The average Bonchev–Trinajstić information content (AvgIpc) is 2.25. The summed E-state index contributed by atoms with van der Waals surface area (Å²) in [7, 11) is 0. The minimum atomic E-state index is -4.79. The van der Waals surface area contributed by atoms with Crippen LogP contribution in [0.15, 0.2) is 35.6 Å². The molecule has 2 rings (SSSR count).